The van der Waals surface area contributed by atoms with Gasteiger partial charge in [0.1, 0.15) is 11.5 Å². The molecule has 114 valence electrons. The zero-order valence-corrected chi connectivity index (χ0v) is 13.3. The third-order valence-corrected chi connectivity index (χ3v) is 5.53. The summed E-state index contributed by atoms with van der Waals surface area (Å²) in [5.41, 5.74) is 0. The van der Waals surface area contributed by atoms with E-state index in [1.165, 1.54) is 23.1 Å². The van der Waals surface area contributed by atoms with E-state index >= 15 is 0 Å². The average Bonchev–Trinajstić information content (AvgIpc) is 2.41. The Kier molecular flexibility index (Phi) is 4.91. The number of sulfone groups is 1. The molecular formula is C13H13Cl2NO4S. The van der Waals surface area contributed by atoms with Crippen molar-refractivity contribution in [3.05, 3.63) is 28.2 Å². The number of ketones is 1. The molecule has 1 aromatic carbocycles. The van der Waals surface area contributed by atoms with Crippen LogP contribution in [0.25, 0.3) is 0 Å². The maximum absolute atomic E-state index is 12.3. The van der Waals surface area contributed by atoms with Crippen molar-refractivity contribution >= 4 is 44.7 Å². The highest BCUT2D eigenvalue weighted by molar-refractivity contribution is 7.92. The van der Waals surface area contributed by atoms with Crippen LogP contribution in [0.1, 0.15) is 12.8 Å². The van der Waals surface area contributed by atoms with Gasteiger partial charge in [-0.1, -0.05) is 23.2 Å². The zero-order valence-electron chi connectivity index (χ0n) is 11.0. The van der Waals surface area contributed by atoms with Crippen molar-refractivity contribution in [3.8, 4) is 0 Å². The van der Waals surface area contributed by atoms with Crippen LogP contribution in [-0.4, -0.2) is 43.9 Å². The van der Waals surface area contributed by atoms with E-state index in [0.29, 0.717) is 0 Å². The van der Waals surface area contributed by atoms with Crippen molar-refractivity contribution in [2.24, 2.45) is 0 Å². The van der Waals surface area contributed by atoms with Crippen LogP contribution in [0.4, 0.5) is 0 Å². The van der Waals surface area contributed by atoms with E-state index in [1.807, 2.05) is 0 Å². The van der Waals surface area contributed by atoms with Gasteiger partial charge in [-0.2, -0.15) is 0 Å². The molecule has 1 aliphatic heterocycles. The third kappa shape index (κ3) is 3.96. The molecule has 0 atom stereocenters. The standard InChI is InChI=1S/C13H13Cl2NO4S/c14-9-1-2-11(15)12(7-9)21(19,20)8-13(18)16-5-3-10(17)4-6-16/h1-2,7H,3-6,8H2. The predicted molar refractivity (Wildman–Crippen MR) is 79.3 cm³/mol. The molecule has 0 unspecified atom stereocenters. The van der Waals surface area contributed by atoms with Crippen molar-refractivity contribution in [2.75, 3.05) is 18.8 Å². The van der Waals surface area contributed by atoms with Crippen molar-refractivity contribution in [3.63, 3.8) is 0 Å². The number of carbonyl (C=O) groups is 2. The smallest absolute Gasteiger partial charge is 0.238 e. The molecule has 0 aliphatic carbocycles. The summed E-state index contributed by atoms with van der Waals surface area (Å²) in [5.74, 6) is -1.13. The molecule has 0 radical (unpaired) electrons. The van der Waals surface area contributed by atoms with Gasteiger partial charge in [-0.25, -0.2) is 8.42 Å². The van der Waals surface area contributed by atoms with E-state index in [1.54, 1.807) is 0 Å². The van der Waals surface area contributed by atoms with Gasteiger partial charge in [-0.05, 0) is 18.2 Å². The second-order valence-corrected chi connectivity index (χ2v) is 7.55. The van der Waals surface area contributed by atoms with Gasteiger partial charge in [0, 0.05) is 31.0 Å². The molecule has 1 saturated heterocycles. The molecule has 1 heterocycles. The van der Waals surface area contributed by atoms with Crippen LogP contribution < -0.4 is 0 Å². The molecule has 0 N–H and O–H groups in total. The molecular weight excluding hydrogens is 337 g/mol. The van der Waals surface area contributed by atoms with E-state index in [9.17, 15) is 18.0 Å². The zero-order chi connectivity index (χ0) is 15.6. The number of nitrogens with zero attached hydrogens (tertiary/aromatic N) is 1. The molecule has 1 aliphatic rings. The summed E-state index contributed by atoms with van der Waals surface area (Å²) in [5, 5.41) is 0.259. The summed E-state index contributed by atoms with van der Waals surface area (Å²) >= 11 is 11.6. The van der Waals surface area contributed by atoms with Gasteiger partial charge in [-0.3, -0.25) is 9.59 Å². The topological polar surface area (TPSA) is 71.5 Å². The average molecular weight is 350 g/mol. The number of hydrogen-bond acceptors (Lipinski definition) is 4. The van der Waals surface area contributed by atoms with E-state index < -0.39 is 21.5 Å². The Hall–Kier alpha value is -1.11. The Balaban J connectivity index is 2.15. The first-order valence-electron chi connectivity index (χ1n) is 6.27. The monoisotopic (exact) mass is 349 g/mol. The number of piperidine rings is 1. The number of Topliss-reactive ketones (excluding diaryl/α,β-unsaturated/α-hetero) is 1. The fourth-order valence-electron chi connectivity index (χ4n) is 2.05. The first-order valence-corrected chi connectivity index (χ1v) is 8.68. The Morgan fingerprint density at radius 1 is 1.19 bits per heavy atom. The fourth-order valence-corrected chi connectivity index (χ4v) is 4.09. The van der Waals surface area contributed by atoms with Crippen molar-refractivity contribution in [1.82, 2.24) is 4.90 Å². The van der Waals surface area contributed by atoms with Crippen LogP contribution in [0.3, 0.4) is 0 Å². The summed E-state index contributed by atoms with van der Waals surface area (Å²) in [7, 11) is -3.87. The molecule has 1 aromatic rings. The van der Waals surface area contributed by atoms with E-state index in [-0.39, 0.29) is 46.7 Å². The van der Waals surface area contributed by atoms with Gasteiger partial charge in [0.2, 0.25) is 5.91 Å². The number of amides is 1. The number of hydrogen-bond donors (Lipinski definition) is 0. The second kappa shape index (κ2) is 6.34. The Bertz CT molecular complexity index is 677. The summed E-state index contributed by atoms with van der Waals surface area (Å²) < 4.78 is 24.5. The lowest BCUT2D eigenvalue weighted by molar-refractivity contribution is -0.132. The molecule has 5 nitrogen and oxygen atoms in total. The Labute approximate surface area is 132 Å². The van der Waals surface area contributed by atoms with Gasteiger partial charge in [0.25, 0.3) is 0 Å². The number of rotatable bonds is 3. The van der Waals surface area contributed by atoms with Gasteiger partial charge < -0.3 is 4.90 Å². The second-order valence-electron chi connectivity index (χ2n) is 4.75. The van der Waals surface area contributed by atoms with Crippen molar-refractivity contribution < 1.29 is 18.0 Å². The third-order valence-electron chi connectivity index (χ3n) is 3.22. The molecule has 1 amide bonds. The number of likely N-dealkylation sites (tertiary alicyclic amines) is 1. The van der Waals surface area contributed by atoms with E-state index in [2.05, 4.69) is 0 Å². The molecule has 8 heteroatoms. The molecule has 1 fully saturated rings. The quantitative estimate of drug-likeness (QED) is 0.836. The maximum Gasteiger partial charge on any atom is 0.238 e. The summed E-state index contributed by atoms with van der Waals surface area (Å²) in [4.78, 5) is 24.4. The summed E-state index contributed by atoms with van der Waals surface area (Å²) in [6.07, 6.45) is 0.535. The van der Waals surface area contributed by atoms with Gasteiger partial charge in [0.15, 0.2) is 9.84 Å². The number of carbonyl (C=O) groups excluding carboxylic acids is 2. The molecule has 0 bridgehead atoms. The normalized spacial score (nSPS) is 16.1. The van der Waals surface area contributed by atoms with Crippen LogP contribution in [0.5, 0.6) is 0 Å². The SMILES string of the molecule is O=C1CCN(C(=O)CS(=O)(=O)c2cc(Cl)ccc2Cl)CC1. The van der Waals surface area contributed by atoms with Crippen molar-refractivity contribution in [2.45, 2.75) is 17.7 Å². The highest BCUT2D eigenvalue weighted by Gasteiger charge is 2.27. The minimum absolute atomic E-state index is 0.0287. The lowest BCUT2D eigenvalue weighted by Crippen LogP contribution is -2.41. The highest BCUT2D eigenvalue weighted by Crippen LogP contribution is 2.26. The fraction of sp³-hybridized carbons (Fsp3) is 0.385. The maximum atomic E-state index is 12.3. The minimum Gasteiger partial charge on any atom is -0.341 e. The van der Waals surface area contributed by atoms with Crippen LogP contribution in [-0.2, 0) is 19.4 Å². The Morgan fingerprint density at radius 3 is 2.43 bits per heavy atom. The lowest BCUT2D eigenvalue weighted by atomic mass is 10.1. The van der Waals surface area contributed by atoms with Gasteiger partial charge >= 0.3 is 0 Å². The first-order chi connectivity index (χ1) is 9.79. The summed E-state index contributed by atoms with van der Waals surface area (Å²) in [6, 6.07) is 4.08. The van der Waals surface area contributed by atoms with Crippen LogP contribution in [0.15, 0.2) is 23.1 Å². The lowest BCUT2D eigenvalue weighted by Gasteiger charge is -2.26. The first kappa shape index (κ1) is 16.3. The summed E-state index contributed by atoms with van der Waals surface area (Å²) in [6.45, 7) is 0.521. The van der Waals surface area contributed by atoms with Crippen LogP contribution in [0, 0.1) is 0 Å². The van der Waals surface area contributed by atoms with E-state index in [0.717, 1.165) is 0 Å². The van der Waals surface area contributed by atoms with Crippen LogP contribution in [0.2, 0.25) is 10.0 Å². The Morgan fingerprint density at radius 2 is 1.81 bits per heavy atom. The minimum atomic E-state index is -3.87. The molecule has 0 saturated carbocycles. The largest absolute Gasteiger partial charge is 0.341 e. The highest BCUT2D eigenvalue weighted by atomic mass is 35.5. The molecule has 0 spiro atoms. The van der Waals surface area contributed by atoms with Crippen molar-refractivity contribution in [1.29, 1.82) is 0 Å². The van der Waals surface area contributed by atoms with Gasteiger partial charge in [0.05, 0.1) is 9.92 Å². The molecule has 21 heavy (non-hydrogen) atoms. The molecule has 2 rings (SSSR count). The van der Waals surface area contributed by atoms with Gasteiger partial charge in [-0.15, -0.1) is 0 Å². The van der Waals surface area contributed by atoms with E-state index in [4.69, 9.17) is 23.2 Å². The number of halogens is 2. The van der Waals surface area contributed by atoms with Crippen LogP contribution >= 0.6 is 23.2 Å². The molecule has 0 aromatic heterocycles. The predicted octanol–water partition coefficient (Wildman–Crippen LogP) is 1.96. The number of benzene rings is 1.